The number of anilines is 1. The van der Waals surface area contributed by atoms with Crippen LogP contribution in [0.4, 0.5) is 5.69 Å². The normalized spacial score (nSPS) is 18.7. The molecule has 2 aromatic carbocycles. The van der Waals surface area contributed by atoms with E-state index in [1.54, 1.807) is 0 Å². The lowest BCUT2D eigenvalue weighted by molar-refractivity contribution is -0.0280. The second-order valence-corrected chi connectivity index (χ2v) is 8.74. The number of piperazine rings is 1. The van der Waals surface area contributed by atoms with Gasteiger partial charge in [0.2, 0.25) is 0 Å². The number of rotatable bonds is 7. The van der Waals surface area contributed by atoms with Crippen LogP contribution >= 0.6 is 23.2 Å². The molecule has 0 aliphatic carbocycles. The number of aliphatic hydroxyl groups is 1. The number of halogens is 2. The van der Waals surface area contributed by atoms with E-state index in [0.717, 1.165) is 48.3 Å². The molecule has 152 valence electrons. The molecule has 1 saturated heterocycles. The number of hydrogen-bond acceptors (Lipinski definition) is 3. The molecular weight excluding hydrogens is 391 g/mol. The Labute approximate surface area is 178 Å². The van der Waals surface area contributed by atoms with Gasteiger partial charge in [0.25, 0.3) is 0 Å². The number of hydrogen-bond donors (Lipinski definition) is 1. The molecule has 0 amide bonds. The second kappa shape index (κ2) is 9.49. The highest BCUT2D eigenvalue weighted by Gasteiger charge is 2.34. The van der Waals surface area contributed by atoms with Crippen molar-refractivity contribution >= 4 is 28.9 Å². The maximum atomic E-state index is 11.3. The molecular formula is C23H30Cl2N2O. The zero-order valence-electron chi connectivity index (χ0n) is 16.7. The van der Waals surface area contributed by atoms with E-state index in [1.165, 1.54) is 5.69 Å². The summed E-state index contributed by atoms with van der Waals surface area (Å²) < 4.78 is 0. The molecule has 0 aromatic heterocycles. The fraction of sp³-hybridized carbons (Fsp3) is 0.478. The van der Waals surface area contributed by atoms with Gasteiger partial charge < -0.3 is 10.0 Å². The molecule has 1 fully saturated rings. The lowest BCUT2D eigenvalue weighted by Crippen LogP contribution is -2.51. The van der Waals surface area contributed by atoms with E-state index in [-0.39, 0.29) is 5.92 Å². The average Bonchev–Trinajstić information content (AvgIpc) is 2.70. The van der Waals surface area contributed by atoms with Crippen LogP contribution in [0.2, 0.25) is 10.0 Å². The fourth-order valence-electron chi connectivity index (χ4n) is 4.04. The Bertz CT molecular complexity index is 777. The minimum Gasteiger partial charge on any atom is -0.389 e. The zero-order valence-corrected chi connectivity index (χ0v) is 18.3. The minimum absolute atomic E-state index is 0.159. The summed E-state index contributed by atoms with van der Waals surface area (Å²) in [5, 5.41) is 12.9. The summed E-state index contributed by atoms with van der Waals surface area (Å²) >= 11 is 12.5. The summed E-state index contributed by atoms with van der Waals surface area (Å²) in [7, 11) is 0. The molecule has 1 N–H and O–H groups in total. The summed E-state index contributed by atoms with van der Waals surface area (Å²) in [5.41, 5.74) is 1.45. The highest BCUT2D eigenvalue weighted by molar-refractivity contribution is 6.31. The van der Waals surface area contributed by atoms with Crippen LogP contribution < -0.4 is 4.90 Å². The molecule has 3 rings (SSSR count). The lowest BCUT2D eigenvalue weighted by atomic mass is 9.80. The van der Waals surface area contributed by atoms with Gasteiger partial charge in [-0.15, -0.1) is 0 Å². The average molecular weight is 421 g/mol. The van der Waals surface area contributed by atoms with Crippen molar-refractivity contribution in [3.63, 3.8) is 0 Å². The highest BCUT2D eigenvalue weighted by atomic mass is 35.5. The van der Waals surface area contributed by atoms with E-state index in [2.05, 4.69) is 29.7 Å². The molecule has 0 radical (unpaired) electrons. The largest absolute Gasteiger partial charge is 0.389 e. The summed E-state index contributed by atoms with van der Waals surface area (Å²) in [6, 6.07) is 15.9. The Balaban J connectivity index is 1.58. The first-order valence-electron chi connectivity index (χ1n) is 10.1. The van der Waals surface area contributed by atoms with Crippen LogP contribution in [0.25, 0.3) is 0 Å². The van der Waals surface area contributed by atoms with Gasteiger partial charge in [0.05, 0.1) is 5.60 Å². The Morgan fingerprint density at radius 3 is 2.39 bits per heavy atom. The predicted molar refractivity (Wildman–Crippen MR) is 120 cm³/mol. The van der Waals surface area contributed by atoms with E-state index in [9.17, 15) is 5.11 Å². The lowest BCUT2D eigenvalue weighted by Gasteiger charge is -2.41. The first kappa shape index (κ1) is 21.4. The van der Waals surface area contributed by atoms with Gasteiger partial charge in [0.15, 0.2) is 0 Å². The van der Waals surface area contributed by atoms with Gasteiger partial charge in [0, 0.05) is 54.9 Å². The van der Waals surface area contributed by atoms with E-state index in [0.29, 0.717) is 12.8 Å². The predicted octanol–water partition coefficient (Wildman–Crippen LogP) is 5.14. The molecule has 1 aliphatic heterocycles. The number of benzene rings is 2. The quantitative estimate of drug-likeness (QED) is 0.671. The van der Waals surface area contributed by atoms with Crippen LogP contribution in [-0.2, 0) is 6.42 Å². The maximum Gasteiger partial charge on any atom is 0.0723 e. The van der Waals surface area contributed by atoms with E-state index in [1.807, 2.05) is 42.5 Å². The van der Waals surface area contributed by atoms with Gasteiger partial charge >= 0.3 is 0 Å². The van der Waals surface area contributed by atoms with Crippen LogP contribution in [0.3, 0.4) is 0 Å². The van der Waals surface area contributed by atoms with E-state index < -0.39 is 5.60 Å². The summed E-state index contributed by atoms with van der Waals surface area (Å²) in [6.45, 7) is 9.03. The first-order chi connectivity index (χ1) is 13.4. The molecule has 0 spiro atoms. The SMILES string of the molecule is CCC(O)(Cc1ccccc1Cl)C(C)CN1CCN(c2cccc(Cl)c2)CC1. The molecule has 0 saturated carbocycles. The smallest absolute Gasteiger partial charge is 0.0723 e. The van der Waals surface area contributed by atoms with E-state index >= 15 is 0 Å². The zero-order chi connectivity index (χ0) is 20.1. The van der Waals surface area contributed by atoms with Gasteiger partial charge in [-0.05, 0) is 42.2 Å². The number of nitrogens with zero attached hydrogens (tertiary/aromatic N) is 2. The maximum absolute atomic E-state index is 11.3. The molecule has 3 nitrogen and oxygen atoms in total. The molecule has 0 bridgehead atoms. The molecule has 5 heteroatoms. The Morgan fingerprint density at radius 1 is 1.04 bits per heavy atom. The van der Waals surface area contributed by atoms with Crippen LogP contribution in [0, 0.1) is 5.92 Å². The second-order valence-electron chi connectivity index (χ2n) is 7.89. The minimum atomic E-state index is -0.755. The van der Waals surface area contributed by atoms with Crippen molar-refractivity contribution in [1.29, 1.82) is 0 Å². The van der Waals surface area contributed by atoms with Crippen LogP contribution in [0.5, 0.6) is 0 Å². The van der Waals surface area contributed by atoms with Crippen molar-refractivity contribution in [2.45, 2.75) is 32.3 Å². The molecule has 1 aliphatic rings. The first-order valence-corrected chi connectivity index (χ1v) is 10.9. The van der Waals surface area contributed by atoms with Gasteiger partial charge in [-0.2, -0.15) is 0 Å². The summed E-state index contributed by atoms with van der Waals surface area (Å²) in [6.07, 6.45) is 1.30. The molecule has 2 aromatic rings. The van der Waals surface area contributed by atoms with Crippen LogP contribution in [0.15, 0.2) is 48.5 Å². The summed E-state index contributed by atoms with van der Waals surface area (Å²) in [4.78, 5) is 4.84. The topological polar surface area (TPSA) is 26.7 Å². The summed E-state index contributed by atoms with van der Waals surface area (Å²) in [5.74, 6) is 0.159. The van der Waals surface area contributed by atoms with Crippen molar-refractivity contribution < 1.29 is 5.11 Å². The van der Waals surface area contributed by atoms with Crippen molar-refractivity contribution in [2.24, 2.45) is 5.92 Å². The van der Waals surface area contributed by atoms with Gasteiger partial charge in [-0.1, -0.05) is 61.3 Å². The molecule has 28 heavy (non-hydrogen) atoms. The molecule has 2 atom stereocenters. The third kappa shape index (κ3) is 5.21. The third-order valence-electron chi connectivity index (χ3n) is 6.06. The monoisotopic (exact) mass is 420 g/mol. The standard InChI is InChI=1S/C23H30Cl2N2O/c1-3-23(28,16-19-7-4-5-10-22(19)25)18(2)17-26-11-13-27(14-12-26)21-9-6-8-20(24)15-21/h4-10,15,18,28H,3,11-14,16-17H2,1-2H3. The molecule has 2 unspecified atom stereocenters. The van der Waals surface area contributed by atoms with Crippen LogP contribution in [0.1, 0.15) is 25.8 Å². The van der Waals surface area contributed by atoms with Crippen molar-refractivity contribution in [1.82, 2.24) is 4.90 Å². The van der Waals surface area contributed by atoms with Crippen LogP contribution in [-0.4, -0.2) is 48.3 Å². The fourth-order valence-corrected chi connectivity index (χ4v) is 4.43. The van der Waals surface area contributed by atoms with E-state index in [4.69, 9.17) is 23.2 Å². The Kier molecular flexibility index (Phi) is 7.27. The molecule has 1 heterocycles. The van der Waals surface area contributed by atoms with Gasteiger partial charge in [0.1, 0.15) is 0 Å². The highest BCUT2D eigenvalue weighted by Crippen LogP contribution is 2.30. The third-order valence-corrected chi connectivity index (χ3v) is 6.67. The van der Waals surface area contributed by atoms with Gasteiger partial charge in [-0.3, -0.25) is 4.90 Å². The van der Waals surface area contributed by atoms with Gasteiger partial charge in [-0.25, -0.2) is 0 Å². The Hall–Kier alpha value is -1.26. The van der Waals surface area contributed by atoms with Crippen molar-refractivity contribution in [3.8, 4) is 0 Å². The van der Waals surface area contributed by atoms with Crippen molar-refractivity contribution in [3.05, 3.63) is 64.1 Å². The Morgan fingerprint density at radius 2 is 1.75 bits per heavy atom. The van der Waals surface area contributed by atoms with Crippen molar-refractivity contribution in [2.75, 3.05) is 37.6 Å².